The normalized spacial score (nSPS) is 49.6. The third kappa shape index (κ3) is 2.58. The molecule has 1 N–H and O–H groups in total. The molecule has 0 saturated heterocycles. The fraction of sp³-hybridized carbons (Fsp3) is 1.00. The molecular formula is C20H35N. The zero-order valence-corrected chi connectivity index (χ0v) is 14.5. The van der Waals surface area contributed by atoms with Gasteiger partial charge in [-0.15, -0.1) is 0 Å². The summed E-state index contributed by atoms with van der Waals surface area (Å²) in [5, 5.41) is 4.03. The Morgan fingerprint density at radius 1 is 1.00 bits per heavy atom. The van der Waals surface area contributed by atoms with Crippen molar-refractivity contribution in [3.63, 3.8) is 0 Å². The Balaban J connectivity index is 1.60. The van der Waals surface area contributed by atoms with Crippen molar-refractivity contribution in [3.05, 3.63) is 0 Å². The van der Waals surface area contributed by atoms with Crippen LogP contribution in [0.2, 0.25) is 0 Å². The summed E-state index contributed by atoms with van der Waals surface area (Å²) >= 11 is 0. The van der Waals surface area contributed by atoms with E-state index >= 15 is 0 Å². The zero-order valence-electron chi connectivity index (χ0n) is 14.5. The van der Waals surface area contributed by atoms with E-state index in [4.69, 9.17) is 0 Å². The van der Waals surface area contributed by atoms with Crippen molar-refractivity contribution in [1.29, 1.82) is 0 Å². The molecule has 0 aromatic carbocycles. The van der Waals surface area contributed by atoms with Crippen molar-refractivity contribution in [2.24, 2.45) is 28.1 Å². The lowest BCUT2D eigenvalue weighted by molar-refractivity contribution is -0.159. The second-order valence-electron chi connectivity index (χ2n) is 10.2. The minimum absolute atomic E-state index is 0.653. The molecular weight excluding hydrogens is 254 g/mol. The number of hydrogen-bond donors (Lipinski definition) is 1. The topological polar surface area (TPSA) is 12.0 Å². The van der Waals surface area contributed by atoms with Crippen LogP contribution >= 0.6 is 0 Å². The molecule has 0 heterocycles. The summed E-state index contributed by atoms with van der Waals surface area (Å²) in [6.07, 6.45) is 15.0. The monoisotopic (exact) mass is 289 g/mol. The van der Waals surface area contributed by atoms with Crippen LogP contribution in [0.4, 0.5) is 0 Å². The molecule has 0 aliphatic heterocycles. The number of hydrogen-bond acceptors (Lipinski definition) is 1. The van der Waals surface area contributed by atoms with Crippen molar-refractivity contribution >= 4 is 0 Å². The van der Waals surface area contributed by atoms with Crippen LogP contribution in [0.3, 0.4) is 0 Å². The van der Waals surface area contributed by atoms with Gasteiger partial charge >= 0.3 is 0 Å². The number of nitrogens with one attached hydrogen (secondary N) is 1. The molecule has 0 spiro atoms. The maximum Gasteiger partial charge on any atom is 0.0127 e. The summed E-state index contributed by atoms with van der Waals surface area (Å²) in [6.45, 7) is 8.80. The molecule has 21 heavy (non-hydrogen) atoms. The highest BCUT2D eigenvalue weighted by Gasteiger charge is 2.62. The van der Waals surface area contributed by atoms with E-state index in [2.05, 4.69) is 26.1 Å². The maximum atomic E-state index is 4.03. The summed E-state index contributed by atoms with van der Waals surface area (Å²) < 4.78 is 0. The largest absolute Gasteiger partial charge is 0.313 e. The first-order valence-corrected chi connectivity index (χ1v) is 9.68. The first-order chi connectivity index (χ1) is 9.94. The highest BCUT2D eigenvalue weighted by Crippen LogP contribution is 2.70. The molecule has 1 heteroatoms. The zero-order chi connectivity index (χ0) is 14.7. The first-order valence-electron chi connectivity index (χ1n) is 9.68. The van der Waals surface area contributed by atoms with E-state index < -0.39 is 0 Å². The van der Waals surface area contributed by atoms with E-state index in [-0.39, 0.29) is 0 Å². The fourth-order valence-electron chi connectivity index (χ4n) is 7.48. The SMILES string of the molecule is CCCNC(CC1CC1)C12CC3CC(C)(CC(C)(C3)C1)C2. The van der Waals surface area contributed by atoms with Crippen molar-refractivity contribution in [1.82, 2.24) is 5.32 Å². The van der Waals surface area contributed by atoms with Gasteiger partial charge in [-0.3, -0.25) is 0 Å². The molecule has 0 aromatic rings. The summed E-state index contributed by atoms with van der Waals surface area (Å²) in [6, 6.07) is 0.826. The van der Waals surface area contributed by atoms with Gasteiger partial charge in [-0.2, -0.15) is 0 Å². The van der Waals surface area contributed by atoms with Gasteiger partial charge in [0.25, 0.3) is 0 Å². The van der Waals surface area contributed by atoms with Gasteiger partial charge in [-0.25, -0.2) is 0 Å². The predicted octanol–water partition coefficient (Wildman–Crippen LogP) is 5.15. The molecule has 3 unspecified atom stereocenters. The molecule has 5 fully saturated rings. The van der Waals surface area contributed by atoms with E-state index in [0.717, 1.165) is 17.9 Å². The van der Waals surface area contributed by atoms with Crippen LogP contribution in [0.15, 0.2) is 0 Å². The van der Waals surface area contributed by atoms with Crippen LogP contribution in [0.5, 0.6) is 0 Å². The van der Waals surface area contributed by atoms with Crippen LogP contribution in [0, 0.1) is 28.1 Å². The van der Waals surface area contributed by atoms with Gasteiger partial charge in [0.1, 0.15) is 0 Å². The van der Waals surface area contributed by atoms with Crippen molar-refractivity contribution < 1.29 is 0 Å². The Bertz CT molecular complexity index is 392. The molecule has 0 radical (unpaired) electrons. The quantitative estimate of drug-likeness (QED) is 0.713. The van der Waals surface area contributed by atoms with Gasteiger partial charge in [0.15, 0.2) is 0 Å². The predicted molar refractivity (Wildman–Crippen MR) is 89.3 cm³/mol. The van der Waals surface area contributed by atoms with Crippen molar-refractivity contribution in [3.8, 4) is 0 Å². The Kier molecular flexibility index (Phi) is 3.27. The third-order valence-electron chi connectivity index (χ3n) is 7.32. The molecule has 1 nitrogen and oxygen atoms in total. The van der Waals surface area contributed by atoms with Crippen LogP contribution in [-0.4, -0.2) is 12.6 Å². The average Bonchev–Trinajstić information content (AvgIpc) is 3.13. The first kappa shape index (κ1) is 14.5. The Morgan fingerprint density at radius 3 is 2.19 bits per heavy atom. The van der Waals surface area contributed by atoms with Gasteiger partial charge in [-0.1, -0.05) is 33.6 Å². The van der Waals surface area contributed by atoms with E-state index in [0.29, 0.717) is 16.2 Å². The lowest BCUT2D eigenvalue weighted by atomic mass is 9.39. The Morgan fingerprint density at radius 2 is 1.67 bits per heavy atom. The minimum Gasteiger partial charge on any atom is -0.313 e. The molecule has 5 rings (SSSR count). The molecule has 0 aromatic heterocycles. The van der Waals surface area contributed by atoms with Gasteiger partial charge in [0.2, 0.25) is 0 Å². The van der Waals surface area contributed by atoms with Gasteiger partial charge in [-0.05, 0) is 86.0 Å². The van der Waals surface area contributed by atoms with Crippen LogP contribution in [0.25, 0.3) is 0 Å². The van der Waals surface area contributed by atoms with E-state index in [1.807, 2.05) is 0 Å². The maximum absolute atomic E-state index is 4.03. The van der Waals surface area contributed by atoms with Crippen molar-refractivity contribution in [2.45, 2.75) is 91.0 Å². The van der Waals surface area contributed by atoms with E-state index in [9.17, 15) is 0 Å². The van der Waals surface area contributed by atoms with E-state index in [1.54, 1.807) is 6.42 Å². The molecule has 0 amide bonds. The summed E-state index contributed by atoms with van der Waals surface area (Å²) in [5.41, 5.74) is 1.99. The molecule has 4 bridgehead atoms. The highest BCUT2D eigenvalue weighted by atomic mass is 14.9. The smallest absolute Gasteiger partial charge is 0.0127 e. The lowest BCUT2D eigenvalue weighted by Gasteiger charge is -2.67. The van der Waals surface area contributed by atoms with Gasteiger partial charge in [0.05, 0.1) is 0 Å². The van der Waals surface area contributed by atoms with Crippen LogP contribution in [-0.2, 0) is 0 Å². The summed E-state index contributed by atoms with van der Waals surface area (Å²) in [5.74, 6) is 2.11. The Labute approximate surface area is 131 Å². The Hall–Kier alpha value is -0.0400. The molecule has 5 aliphatic carbocycles. The van der Waals surface area contributed by atoms with Gasteiger partial charge < -0.3 is 5.32 Å². The molecule has 3 atom stereocenters. The van der Waals surface area contributed by atoms with Gasteiger partial charge in [0, 0.05) is 6.04 Å². The fourth-order valence-corrected chi connectivity index (χ4v) is 7.48. The minimum atomic E-state index is 0.653. The third-order valence-corrected chi connectivity index (χ3v) is 7.32. The van der Waals surface area contributed by atoms with Crippen LogP contribution in [0.1, 0.15) is 85.0 Å². The molecule has 5 aliphatic rings. The second-order valence-corrected chi connectivity index (χ2v) is 10.2. The molecule has 5 saturated carbocycles. The average molecular weight is 290 g/mol. The highest BCUT2D eigenvalue weighted by molar-refractivity contribution is 5.13. The summed E-state index contributed by atoms with van der Waals surface area (Å²) in [7, 11) is 0. The standard InChI is InChI=1S/C20H35N/c1-4-7-21-17(8-15-5-6-15)20-11-16-9-18(2,13-20)12-19(3,10-16)14-20/h15-17,21H,4-14H2,1-3H3. The molecule has 120 valence electrons. The van der Waals surface area contributed by atoms with E-state index in [1.165, 1.54) is 64.3 Å². The summed E-state index contributed by atoms with van der Waals surface area (Å²) in [4.78, 5) is 0. The van der Waals surface area contributed by atoms with Crippen LogP contribution < -0.4 is 5.32 Å². The number of rotatable bonds is 6. The van der Waals surface area contributed by atoms with Crippen molar-refractivity contribution in [2.75, 3.05) is 6.54 Å². The lowest BCUT2D eigenvalue weighted by Crippen LogP contribution is -2.61. The second kappa shape index (κ2) is 4.73.